The molecular formula is C26H32N2O4. The average molecular weight is 437 g/mol. The Kier molecular flexibility index (Phi) is 6.32. The predicted molar refractivity (Wildman–Crippen MR) is 122 cm³/mol. The number of carbonyl (C=O) groups excluding carboxylic acids is 1. The lowest BCUT2D eigenvalue weighted by Gasteiger charge is -2.40. The summed E-state index contributed by atoms with van der Waals surface area (Å²) in [5.41, 5.74) is 2.12. The Morgan fingerprint density at radius 1 is 0.969 bits per heavy atom. The number of nitrogens with one attached hydrogen (secondary N) is 1. The van der Waals surface area contributed by atoms with Crippen molar-refractivity contribution in [2.75, 3.05) is 39.6 Å². The Bertz CT molecular complexity index is 921. The average Bonchev–Trinajstić information content (AvgIpc) is 3.34. The van der Waals surface area contributed by atoms with Gasteiger partial charge in [0.25, 0.3) is 0 Å². The Labute approximate surface area is 189 Å². The van der Waals surface area contributed by atoms with Crippen LogP contribution in [0.3, 0.4) is 0 Å². The van der Waals surface area contributed by atoms with Gasteiger partial charge in [-0.3, -0.25) is 4.79 Å². The number of hydrogen-bond donors (Lipinski definition) is 1. The molecular weight excluding hydrogens is 404 g/mol. The maximum atomic E-state index is 13.6. The molecule has 0 aliphatic carbocycles. The molecule has 0 radical (unpaired) electrons. The van der Waals surface area contributed by atoms with Gasteiger partial charge in [0.1, 0.15) is 6.04 Å². The van der Waals surface area contributed by atoms with E-state index in [1.165, 1.54) is 12.0 Å². The first-order chi connectivity index (χ1) is 15.8. The molecule has 6 heteroatoms. The molecule has 0 spiro atoms. The lowest BCUT2D eigenvalue weighted by molar-refractivity contribution is -0.134. The first kappa shape index (κ1) is 21.3. The molecule has 0 bridgehead atoms. The second-order valence-electron chi connectivity index (χ2n) is 9.07. The highest BCUT2D eigenvalue weighted by molar-refractivity contribution is 5.83. The number of benzene rings is 2. The SMILES string of the molecule is O=C(C(NCC1(c2ccc3c(c2)OCO3)CCOCC1)c1ccccc1)N1CCCCC1. The summed E-state index contributed by atoms with van der Waals surface area (Å²) in [5.74, 6) is 1.78. The fourth-order valence-electron chi connectivity index (χ4n) is 5.14. The van der Waals surface area contributed by atoms with E-state index in [-0.39, 0.29) is 24.2 Å². The van der Waals surface area contributed by atoms with E-state index in [0.29, 0.717) is 19.8 Å². The van der Waals surface area contributed by atoms with Crippen LogP contribution < -0.4 is 14.8 Å². The molecule has 3 heterocycles. The molecule has 1 unspecified atom stereocenters. The molecule has 6 nitrogen and oxygen atoms in total. The third kappa shape index (κ3) is 4.34. The summed E-state index contributed by atoms with van der Waals surface area (Å²) in [4.78, 5) is 15.6. The molecule has 0 saturated carbocycles. The number of amides is 1. The van der Waals surface area contributed by atoms with Crippen LogP contribution in [-0.2, 0) is 14.9 Å². The minimum Gasteiger partial charge on any atom is -0.454 e. The van der Waals surface area contributed by atoms with E-state index in [1.807, 2.05) is 29.2 Å². The number of carbonyl (C=O) groups is 1. The number of fused-ring (bicyclic) bond motifs is 1. The van der Waals surface area contributed by atoms with Gasteiger partial charge in [0.05, 0.1) is 0 Å². The zero-order valence-electron chi connectivity index (χ0n) is 18.6. The molecule has 2 fully saturated rings. The van der Waals surface area contributed by atoms with Crippen molar-refractivity contribution >= 4 is 5.91 Å². The molecule has 1 N–H and O–H groups in total. The van der Waals surface area contributed by atoms with Gasteiger partial charge in [0, 0.05) is 38.3 Å². The second kappa shape index (κ2) is 9.51. The van der Waals surface area contributed by atoms with Crippen molar-refractivity contribution in [1.82, 2.24) is 10.2 Å². The quantitative estimate of drug-likeness (QED) is 0.746. The van der Waals surface area contributed by atoms with Crippen LogP contribution in [0.15, 0.2) is 48.5 Å². The Hall–Kier alpha value is -2.57. The number of piperidine rings is 1. The van der Waals surface area contributed by atoms with Crippen molar-refractivity contribution in [2.45, 2.75) is 43.6 Å². The predicted octanol–water partition coefficient (Wildman–Crippen LogP) is 3.81. The largest absolute Gasteiger partial charge is 0.454 e. The third-order valence-electron chi connectivity index (χ3n) is 7.13. The Morgan fingerprint density at radius 3 is 2.50 bits per heavy atom. The molecule has 2 aromatic rings. The summed E-state index contributed by atoms with van der Waals surface area (Å²) in [6.45, 7) is 4.11. The molecule has 3 aliphatic heterocycles. The van der Waals surface area contributed by atoms with Crippen molar-refractivity contribution in [1.29, 1.82) is 0 Å². The second-order valence-corrected chi connectivity index (χ2v) is 9.07. The van der Waals surface area contributed by atoms with E-state index in [0.717, 1.165) is 55.8 Å². The van der Waals surface area contributed by atoms with E-state index in [1.54, 1.807) is 0 Å². The number of likely N-dealkylation sites (tertiary alicyclic amines) is 1. The summed E-state index contributed by atoms with van der Waals surface area (Å²) >= 11 is 0. The van der Waals surface area contributed by atoms with Crippen molar-refractivity contribution in [3.8, 4) is 11.5 Å². The van der Waals surface area contributed by atoms with Gasteiger partial charge < -0.3 is 24.4 Å². The number of rotatable bonds is 6. The summed E-state index contributed by atoms with van der Waals surface area (Å²) in [5, 5.41) is 3.69. The first-order valence-corrected chi connectivity index (χ1v) is 11.8. The normalized spacial score (nSPS) is 20.7. The van der Waals surface area contributed by atoms with Gasteiger partial charge in [0.15, 0.2) is 11.5 Å². The van der Waals surface area contributed by atoms with Crippen LogP contribution in [0, 0.1) is 0 Å². The maximum absolute atomic E-state index is 13.6. The highest BCUT2D eigenvalue weighted by Gasteiger charge is 2.37. The van der Waals surface area contributed by atoms with E-state index >= 15 is 0 Å². The van der Waals surface area contributed by atoms with E-state index in [2.05, 4.69) is 29.6 Å². The number of nitrogens with zero attached hydrogens (tertiary/aromatic N) is 1. The summed E-state index contributed by atoms with van der Waals surface area (Å²) in [7, 11) is 0. The molecule has 3 aliphatic rings. The van der Waals surface area contributed by atoms with Crippen LogP contribution in [0.5, 0.6) is 11.5 Å². The van der Waals surface area contributed by atoms with Gasteiger partial charge >= 0.3 is 0 Å². The molecule has 2 saturated heterocycles. The molecule has 2 aromatic carbocycles. The van der Waals surface area contributed by atoms with Crippen molar-refractivity contribution in [3.05, 3.63) is 59.7 Å². The van der Waals surface area contributed by atoms with Gasteiger partial charge in [-0.1, -0.05) is 36.4 Å². The van der Waals surface area contributed by atoms with Crippen molar-refractivity contribution in [2.24, 2.45) is 0 Å². The zero-order chi connectivity index (χ0) is 21.8. The highest BCUT2D eigenvalue weighted by atomic mass is 16.7. The minimum atomic E-state index is -0.344. The molecule has 1 atom stereocenters. The maximum Gasteiger partial charge on any atom is 0.244 e. The molecule has 1 amide bonds. The van der Waals surface area contributed by atoms with Crippen LogP contribution in [0.4, 0.5) is 0 Å². The van der Waals surface area contributed by atoms with Gasteiger partial charge in [0.2, 0.25) is 12.7 Å². The lowest BCUT2D eigenvalue weighted by atomic mass is 9.73. The van der Waals surface area contributed by atoms with E-state index in [9.17, 15) is 4.79 Å². The van der Waals surface area contributed by atoms with Crippen LogP contribution in [0.1, 0.15) is 49.3 Å². The number of hydrogen-bond acceptors (Lipinski definition) is 5. The highest BCUT2D eigenvalue weighted by Crippen LogP contribution is 2.41. The first-order valence-electron chi connectivity index (χ1n) is 11.8. The van der Waals surface area contributed by atoms with Crippen molar-refractivity contribution < 1.29 is 19.0 Å². The topological polar surface area (TPSA) is 60.0 Å². The summed E-state index contributed by atoms with van der Waals surface area (Å²) < 4.78 is 16.9. The van der Waals surface area contributed by atoms with Crippen LogP contribution in [0.25, 0.3) is 0 Å². The zero-order valence-corrected chi connectivity index (χ0v) is 18.6. The van der Waals surface area contributed by atoms with Crippen LogP contribution in [-0.4, -0.2) is 50.4 Å². The fourth-order valence-corrected chi connectivity index (χ4v) is 5.14. The monoisotopic (exact) mass is 436 g/mol. The van der Waals surface area contributed by atoms with E-state index in [4.69, 9.17) is 14.2 Å². The van der Waals surface area contributed by atoms with Crippen molar-refractivity contribution in [3.63, 3.8) is 0 Å². The fraction of sp³-hybridized carbons (Fsp3) is 0.500. The van der Waals surface area contributed by atoms with Gasteiger partial charge in [-0.2, -0.15) is 0 Å². The van der Waals surface area contributed by atoms with Gasteiger partial charge in [-0.05, 0) is 55.4 Å². The summed E-state index contributed by atoms with van der Waals surface area (Å²) in [6, 6.07) is 16.0. The minimum absolute atomic E-state index is 0.117. The van der Waals surface area contributed by atoms with E-state index < -0.39 is 0 Å². The Balaban J connectivity index is 1.41. The molecule has 0 aromatic heterocycles. The standard InChI is InChI=1S/C26H32N2O4/c29-25(28-13-5-2-6-14-28)24(20-7-3-1-4-8-20)27-18-26(11-15-30-16-12-26)21-9-10-22-23(17-21)32-19-31-22/h1,3-4,7-10,17,24,27H,2,5-6,11-16,18-19H2. The third-order valence-corrected chi connectivity index (χ3v) is 7.13. The Morgan fingerprint density at radius 2 is 1.72 bits per heavy atom. The van der Waals surface area contributed by atoms with Crippen LogP contribution in [0.2, 0.25) is 0 Å². The number of ether oxygens (including phenoxy) is 3. The summed E-state index contributed by atoms with van der Waals surface area (Å²) in [6.07, 6.45) is 5.19. The van der Waals surface area contributed by atoms with Gasteiger partial charge in [-0.15, -0.1) is 0 Å². The molecule has 32 heavy (non-hydrogen) atoms. The molecule has 5 rings (SSSR count). The van der Waals surface area contributed by atoms with Crippen LogP contribution >= 0.6 is 0 Å². The smallest absolute Gasteiger partial charge is 0.244 e. The van der Waals surface area contributed by atoms with Gasteiger partial charge in [-0.25, -0.2) is 0 Å². The lowest BCUT2D eigenvalue weighted by Crippen LogP contribution is -2.48. The molecule has 170 valence electrons.